The molecule has 158 valence electrons. The number of anilines is 1. The summed E-state index contributed by atoms with van der Waals surface area (Å²) in [5, 5.41) is 15.6. The van der Waals surface area contributed by atoms with Crippen molar-refractivity contribution < 1.29 is 23.6 Å². The number of non-ortho nitro benzene ring substituents is 1. The number of esters is 1. The van der Waals surface area contributed by atoms with Gasteiger partial charge in [-0.1, -0.05) is 24.3 Å². The van der Waals surface area contributed by atoms with E-state index in [4.69, 9.17) is 4.74 Å². The Morgan fingerprint density at radius 3 is 2.65 bits per heavy atom. The number of ether oxygens (including phenoxy) is 1. The fourth-order valence-corrected chi connectivity index (χ4v) is 3.71. The van der Waals surface area contributed by atoms with Crippen LogP contribution in [0, 0.1) is 15.9 Å². The van der Waals surface area contributed by atoms with Crippen molar-refractivity contribution in [2.75, 3.05) is 11.9 Å². The number of amides is 1. The molecule has 3 rings (SSSR count). The van der Waals surface area contributed by atoms with Crippen LogP contribution >= 0.6 is 11.3 Å². The third-order valence-electron chi connectivity index (χ3n) is 4.17. The molecule has 1 aromatic heterocycles. The highest BCUT2D eigenvalue weighted by Crippen LogP contribution is 2.37. The molecule has 0 spiro atoms. The van der Waals surface area contributed by atoms with Crippen LogP contribution in [-0.4, -0.2) is 23.4 Å². The number of benzene rings is 2. The van der Waals surface area contributed by atoms with E-state index >= 15 is 0 Å². The molecule has 0 saturated carbocycles. The molecule has 0 radical (unpaired) electrons. The summed E-state index contributed by atoms with van der Waals surface area (Å²) in [5.41, 5.74) is 1.51. The zero-order chi connectivity index (χ0) is 22.4. The van der Waals surface area contributed by atoms with Crippen LogP contribution in [0.3, 0.4) is 0 Å². The Morgan fingerprint density at radius 2 is 1.97 bits per heavy atom. The number of hydrogen-bond acceptors (Lipinski definition) is 6. The van der Waals surface area contributed by atoms with Gasteiger partial charge in [-0.15, -0.1) is 11.3 Å². The summed E-state index contributed by atoms with van der Waals surface area (Å²) in [4.78, 5) is 35.5. The first-order valence-corrected chi connectivity index (χ1v) is 10.0. The number of halogens is 1. The second-order valence-electron chi connectivity index (χ2n) is 6.26. The Kier molecular flexibility index (Phi) is 6.88. The fourth-order valence-electron chi connectivity index (χ4n) is 2.75. The number of carbonyl (C=O) groups excluding carboxylic acids is 2. The maximum Gasteiger partial charge on any atom is 0.341 e. The normalized spacial score (nSPS) is 10.8. The molecule has 0 aliphatic carbocycles. The first kappa shape index (κ1) is 21.8. The van der Waals surface area contributed by atoms with Crippen molar-refractivity contribution >= 4 is 40.0 Å². The lowest BCUT2D eigenvalue weighted by Gasteiger charge is -2.08. The highest BCUT2D eigenvalue weighted by molar-refractivity contribution is 7.15. The van der Waals surface area contributed by atoms with Gasteiger partial charge >= 0.3 is 5.97 Å². The van der Waals surface area contributed by atoms with Gasteiger partial charge in [0.15, 0.2) is 0 Å². The minimum Gasteiger partial charge on any atom is -0.462 e. The molecule has 0 aliphatic heterocycles. The van der Waals surface area contributed by atoms with Gasteiger partial charge in [0, 0.05) is 29.2 Å². The van der Waals surface area contributed by atoms with Gasteiger partial charge in [0.25, 0.3) is 5.69 Å². The van der Waals surface area contributed by atoms with Crippen molar-refractivity contribution in [1.82, 2.24) is 0 Å². The van der Waals surface area contributed by atoms with Crippen LogP contribution < -0.4 is 5.32 Å². The van der Waals surface area contributed by atoms with E-state index in [0.717, 1.165) is 11.3 Å². The van der Waals surface area contributed by atoms with Crippen LogP contribution in [0.1, 0.15) is 22.8 Å². The molecule has 1 heterocycles. The van der Waals surface area contributed by atoms with E-state index in [1.807, 2.05) is 0 Å². The lowest BCUT2D eigenvalue weighted by molar-refractivity contribution is -0.384. The lowest BCUT2D eigenvalue weighted by atomic mass is 10.0. The summed E-state index contributed by atoms with van der Waals surface area (Å²) in [6.45, 7) is 1.78. The SMILES string of the molecule is CCOC(=O)c1c(-c2cccc([N+](=O)[O-])c2)csc1NC(=O)/C=C/c1ccc(F)cc1. The van der Waals surface area contributed by atoms with E-state index in [1.165, 1.54) is 54.6 Å². The van der Waals surface area contributed by atoms with E-state index in [1.54, 1.807) is 18.4 Å². The summed E-state index contributed by atoms with van der Waals surface area (Å²) in [6, 6.07) is 11.5. The minimum absolute atomic E-state index is 0.119. The summed E-state index contributed by atoms with van der Waals surface area (Å²) >= 11 is 1.11. The van der Waals surface area contributed by atoms with E-state index in [-0.39, 0.29) is 28.7 Å². The first-order chi connectivity index (χ1) is 14.9. The predicted octanol–water partition coefficient (Wildman–Crippen LogP) is 5.29. The average Bonchev–Trinajstić information content (AvgIpc) is 3.17. The fraction of sp³-hybridized carbons (Fsp3) is 0.0909. The molecule has 1 N–H and O–H groups in total. The van der Waals surface area contributed by atoms with Crippen LogP contribution in [0.25, 0.3) is 17.2 Å². The number of rotatable bonds is 7. The second kappa shape index (κ2) is 9.77. The van der Waals surface area contributed by atoms with Gasteiger partial charge in [-0.3, -0.25) is 14.9 Å². The van der Waals surface area contributed by atoms with Crippen LogP contribution in [0.4, 0.5) is 15.1 Å². The maximum atomic E-state index is 13.0. The number of nitro groups is 1. The Morgan fingerprint density at radius 1 is 1.23 bits per heavy atom. The number of carbonyl (C=O) groups is 2. The Labute approximate surface area is 180 Å². The molecule has 1 amide bonds. The van der Waals surface area contributed by atoms with E-state index in [2.05, 4.69) is 5.32 Å². The molecule has 31 heavy (non-hydrogen) atoms. The second-order valence-corrected chi connectivity index (χ2v) is 7.14. The monoisotopic (exact) mass is 440 g/mol. The van der Waals surface area contributed by atoms with Gasteiger partial charge in [0.1, 0.15) is 16.4 Å². The molecule has 0 aliphatic rings. The topological polar surface area (TPSA) is 98.5 Å². The van der Waals surface area contributed by atoms with Gasteiger partial charge in [0.05, 0.1) is 11.5 Å². The van der Waals surface area contributed by atoms with Gasteiger partial charge in [-0.25, -0.2) is 9.18 Å². The highest BCUT2D eigenvalue weighted by Gasteiger charge is 2.23. The van der Waals surface area contributed by atoms with Gasteiger partial charge in [0.2, 0.25) is 5.91 Å². The smallest absolute Gasteiger partial charge is 0.341 e. The van der Waals surface area contributed by atoms with Crippen LogP contribution in [0.5, 0.6) is 0 Å². The predicted molar refractivity (Wildman–Crippen MR) is 116 cm³/mol. The Balaban J connectivity index is 1.90. The summed E-state index contributed by atoms with van der Waals surface area (Å²) in [5.74, 6) is -1.53. The molecule has 3 aromatic rings. The third kappa shape index (κ3) is 5.40. The molecule has 0 unspecified atom stereocenters. The van der Waals surface area contributed by atoms with Gasteiger partial charge in [-0.05, 0) is 36.3 Å². The highest BCUT2D eigenvalue weighted by atomic mass is 32.1. The van der Waals surface area contributed by atoms with Crippen molar-refractivity contribution in [3.8, 4) is 11.1 Å². The quantitative estimate of drug-likeness (QED) is 0.233. The number of nitro benzene ring substituents is 1. The molecule has 2 aromatic carbocycles. The summed E-state index contributed by atoms with van der Waals surface area (Å²) < 4.78 is 18.1. The molecule has 0 saturated heterocycles. The van der Waals surface area contributed by atoms with Crippen molar-refractivity contribution in [2.45, 2.75) is 6.92 Å². The Hall–Kier alpha value is -3.85. The first-order valence-electron chi connectivity index (χ1n) is 9.17. The summed E-state index contributed by atoms with van der Waals surface area (Å²) in [6.07, 6.45) is 2.77. The zero-order valence-electron chi connectivity index (χ0n) is 16.3. The molecule has 7 nitrogen and oxygen atoms in total. The van der Waals surface area contributed by atoms with E-state index < -0.39 is 16.8 Å². The number of nitrogens with zero attached hydrogens (tertiary/aromatic N) is 1. The maximum absolute atomic E-state index is 13.0. The molecule has 9 heteroatoms. The molecular formula is C22H17FN2O5S. The molecular weight excluding hydrogens is 423 g/mol. The molecule has 0 bridgehead atoms. The van der Waals surface area contributed by atoms with Crippen molar-refractivity contribution in [3.63, 3.8) is 0 Å². The van der Waals surface area contributed by atoms with Crippen molar-refractivity contribution in [1.29, 1.82) is 0 Å². The Bertz CT molecular complexity index is 1150. The number of nitrogens with one attached hydrogen (secondary N) is 1. The molecule has 0 atom stereocenters. The third-order valence-corrected chi connectivity index (χ3v) is 5.07. The van der Waals surface area contributed by atoms with Gasteiger partial charge < -0.3 is 10.1 Å². The van der Waals surface area contributed by atoms with Gasteiger partial charge in [-0.2, -0.15) is 0 Å². The number of thiophene rings is 1. The van der Waals surface area contributed by atoms with Crippen molar-refractivity contribution in [3.05, 3.63) is 87.0 Å². The standard InChI is InChI=1S/C22H17FN2O5S/c1-2-30-22(27)20-18(15-4-3-5-17(12-15)25(28)29)13-31-21(20)24-19(26)11-8-14-6-9-16(23)10-7-14/h3-13H,2H2,1H3,(H,24,26)/b11-8+. The largest absolute Gasteiger partial charge is 0.462 e. The average molecular weight is 440 g/mol. The number of hydrogen-bond donors (Lipinski definition) is 1. The van der Waals surface area contributed by atoms with E-state index in [9.17, 15) is 24.1 Å². The molecule has 0 fully saturated rings. The van der Waals surface area contributed by atoms with E-state index in [0.29, 0.717) is 16.7 Å². The van der Waals surface area contributed by atoms with Crippen molar-refractivity contribution in [2.24, 2.45) is 0 Å². The van der Waals surface area contributed by atoms with Crippen LogP contribution in [-0.2, 0) is 9.53 Å². The summed E-state index contributed by atoms with van der Waals surface area (Å²) in [7, 11) is 0. The minimum atomic E-state index is -0.650. The van der Waals surface area contributed by atoms with Crippen LogP contribution in [0.15, 0.2) is 60.0 Å². The zero-order valence-corrected chi connectivity index (χ0v) is 17.1. The van der Waals surface area contributed by atoms with Crippen LogP contribution in [0.2, 0.25) is 0 Å². The lowest BCUT2D eigenvalue weighted by Crippen LogP contribution is -2.12.